The average Bonchev–Trinajstić information content (AvgIpc) is 3.43. The third-order valence-electron chi connectivity index (χ3n) is 15.2. The summed E-state index contributed by atoms with van der Waals surface area (Å²) < 4.78 is 0. The highest BCUT2D eigenvalue weighted by Gasteiger charge is 2.45. The first-order chi connectivity index (χ1) is 40.3. The van der Waals surface area contributed by atoms with Crippen LogP contribution in [0.3, 0.4) is 0 Å². The van der Waals surface area contributed by atoms with Crippen molar-refractivity contribution in [2.75, 3.05) is 21.3 Å². The van der Waals surface area contributed by atoms with E-state index >= 15 is 19.2 Å². The molecule has 0 radical (unpaired) electrons. The fourth-order valence-electron chi connectivity index (χ4n) is 10.8. The number of para-hydroxylation sites is 2. The van der Waals surface area contributed by atoms with E-state index in [9.17, 15) is 20.4 Å². The molecule has 0 spiro atoms. The molecule has 0 unspecified atom stereocenters. The minimum absolute atomic E-state index is 0.0192. The van der Waals surface area contributed by atoms with E-state index in [2.05, 4.69) is 21.3 Å². The molecule has 0 saturated carbocycles. The molecule has 10 aromatic rings. The fraction of sp³-hybridized carbons (Fsp3) is 0.0986. The molecule has 0 fully saturated rings. The molecule has 4 amide bonds. The normalized spacial score (nSPS) is 11.8. The van der Waals surface area contributed by atoms with Crippen LogP contribution < -0.4 is 21.3 Å². The van der Waals surface area contributed by atoms with Gasteiger partial charge in [0.1, 0.15) is 0 Å². The van der Waals surface area contributed by atoms with E-state index in [0.29, 0.717) is 11.1 Å². The second kappa shape index (κ2) is 24.3. The highest BCUT2D eigenvalue weighted by Crippen LogP contribution is 2.46. The van der Waals surface area contributed by atoms with Crippen molar-refractivity contribution in [1.29, 1.82) is 0 Å². The molecule has 0 saturated heterocycles. The van der Waals surface area contributed by atoms with Crippen molar-refractivity contribution in [3.05, 3.63) is 335 Å². The van der Waals surface area contributed by atoms with E-state index in [1.807, 2.05) is 6.92 Å². The summed E-state index contributed by atoms with van der Waals surface area (Å²) in [7, 11) is 0. The van der Waals surface area contributed by atoms with Crippen LogP contribution in [0.15, 0.2) is 279 Å². The van der Waals surface area contributed by atoms with Gasteiger partial charge in [-0.3, -0.25) is 19.2 Å². The van der Waals surface area contributed by atoms with E-state index in [1.165, 1.54) is 0 Å². The summed E-state index contributed by atoms with van der Waals surface area (Å²) in [5.41, 5.74) is -6.40. The molecule has 10 aromatic carbocycles. The highest BCUT2D eigenvalue weighted by molar-refractivity contribution is 6.09. The number of hydrogen-bond acceptors (Lipinski definition) is 8. The van der Waals surface area contributed by atoms with E-state index in [4.69, 9.17) is 0 Å². The summed E-state index contributed by atoms with van der Waals surface area (Å²) in [6.07, 6.45) is 0.222. The molecule has 412 valence electrons. The minimum atomic E-state index is -2.33. The Morgan fingerprint density at radius 3 is 0.675 bits per heavy atom. The molecule has 10 rings (SSSR count). The topological polar surface area (TPSA) is 197 Å². The Balaban J connectivity index is 1.18. The summed E-state index contributed by atoms with van der Waals surface area (Å²) in [4.78, 5) is 61.5. The van der Waals surface area contributed by atoms with Gasteiger partial charge < -0.3 is 41.7 Å². The number of nitrogens with one attached hydrogen (secondary N) is 4. The molecule has 0 heterocycles. The molecule has 0 aliphatic rings. The van der Waals surface area contributed by atoms with Crippen LogP contribution in [0.25, 0.3) is 0 Å². The van der Waals surface area contributed by atoms with Crippen LogP contribution in [-0.4, -0.2) is 44.1 Å². The van der Waals surface area contributed by atoms with Crippen molar-refractivity contribution in [2.24, 2.45) is 0 Å². The zero-order valence-corrected chi connectivity index (χ0v) is 45.3. The Morgan fingerprint density at radius 1 is 0.289 bits per heavy atom. The van der Waals surface area contributed by atoms with Crippen LogP contribution in [0, 0.1) is 0 Å². The van der Waals surface area contributed by atoms with Gasteiger partial charge in [-0.15, -0.1) is 0 Å². The first kappa shape index (κ1) is 56.2. The molecule has 8 N–H and O–H groups in total. The lowest BCUT2D eigenvalue weighted by Crippen LogP contribution is -2.43. The molecule has 0 aliphatic carbocycles. The van der Waals surface area contributed by atoms with E-state index in [0.717, 1.165) is 0 Å². The Hall–Kier alpha value is -10.1. The van der Waals surface area contributed by atoms with Crippen LogP contribution in [-0.2, 0) is 41.6 Å². The number of carbonyl (C=O) groups excluding carboxylic acids is 4. The predicted octanol–water partition coefficient (Wildman–Crippen LogP) is 11.7. The first-order valence-corrected chi connectivity index (χ1v) is 27.2. The van der Waals surface area contributed by atoms with Crippen molar-refractivity contribution >= 4 is 46.4 Å². The van der Waals surface area contributed by atoms with Crippen molar-refractivity contribution in [3.8, 4) is 0 Å². The lowest BCUT2D eigenvalue weighted by molar-refractivity contribution is -0.131. The van der Waals surface area contributed by atoms with Gasteiger partial charge in [0.15, 0.2) is 22.4 Å². The van der Waals surface area contributed by atoms with Gasteiger partial charge in [0.25, 0.3) is 23.6 Å². The highest BCUT2D eigenvalue weighted by atomic mass is 16.3. The third-order valence-corrected chi connectivity index (χ3v) is 15.2. The van der Waals surface area contributed by atoms with Gasteiger partial charge in [-0.05, 0) is 74.2 Å². The lowest BCUT2D eigenvalue weighted by Gasteiger charge is -2.33. The Morgan fingerprint density at radius 2 is 0.482 bits per heavy atom. The molecule has 0 aromatic heterocycles. The maximum absolute atomic E-state index is 15.5. The Labute approximate surface area is 481 Å². The van der Waals surface area contributed by atoms with E-state index in [1.54, 1.807) is 279 Å². The Kier molecular flexibility index (Phi) is 16.5. The number of benzene rings is 10. The second-order valence-corrected chi connectivity index (χ2v) is 20.1. The van der Waals surface area contributed by atoms with Crippen LogP contribution in [0.1, 0.15) is 74.9 Å². The molecule has 0 aliphatic heterocycles. The Bertz CT molecular complexity index is 3450. The van der Waals surface area contributed by atoms with Crippen LogP contribution in [0.5, 0.6) is 0 Å². The standard InChI is InChI=1S/C71H60N4O8/c1-2-57(58-45-27-47-60(72-64(76)68(80,49-29-11-3-12-30-49)50-31-13-4-14-32-50)62(58)74-66(78)70(82,53-37-19-7-20-38-53)54-39-21-8-22-40-54)59-46-28-48-61(73-65(77)69(81,51-33-15-5-16-34-51)52-35-17-6-18-36-52)63(59)75-67(79)71(83,55-41-23-9-24-42-55)56-43-25-10-26-44-56/h3-48,57,80-83H,2H2,1H3,(H,72,76)(H,73,77)(H,74,78)(H,75,79). The summed E-state index contributed by atoms with van der Waals surface area (Å²) in [5.74, 6) is -4.43. The molecule has 12 heteroatoms. The second-order valence-electron chi connectivity index (χ2n) is 20.1. The first-order valence-electron chi connectivity index (χ1n) is 27.2. The van der Waals surface area contributed by atoms with Crippen molar-refractivity contribution < 1.29 is 39.6 Å². The smallest absolute Gasteiger partial charge is 0.265 e. The van der Waals surface area contributed by atoms with Crippen molar-refractivity contribution in [3.63, 3.8) is 0 Å². The molecule has 83 heavy (non-hydrogen) atoms. The maximum atomic E-state index is 15.5. The molecular formula is C71H60N4O8. The summed E-state index contributed by atoms with van der Waals surface area (Å²) in [5, 5.41) is 63.6. The quantitative estimate of drug-likeness (QED) is 0.0391. The van der Waals surface area contributed by atoms with Gasteiger partial charge in [0.2, 0.25) is 0 Å². The van der Waals surface area contributed by atoms with Crippen molar-refractivity contribution in [1.82, 2.24) is 0 Å². The maximum Gasteiger partial charge on any atom is 0.265 e. The molecule has 12 nitrogen and oxygen atoms in total. The van der Waals surface area contributed by atoms with Gasteiger partial charge in [-0.1, -0.05) is 274 Å². The zero-order valence-electron chi connectivity index (χ0n) is 45.3. The third kappa shape index (κ3) is 10.9. The largest absolute Gasteiger partial charge is 0.372 e. The number of anilines is 4. The monoisotopic (exact) mass is 1100 g/mol. The summed E-state index contributed by atoms with van der Waals surface area (Å²) in [6, 6.07) is 77.5. The minimum Gasteiger partial charge on any atom is -0.372 e. The number of amides is 4. The molecular weight excluding hydrogens is 1040 g/mol. The number of aliphatic hydroxyl groups is 4. The van der Waals surface area contributed by atoms with E-state index in [-0.39, 0.29) is 73.7 Å². The average molecular weight is 1100 g/mol. The van der Waals surface area contributed by atoms with Crippen LogP contribution in [0.4, 0.5) is 22.7 Å². The van der Waals surface area contributed by atoms with Crippen LogP contribution >= 0.6 is 0 Å². The summed E-state index contributed by atoms with van der Waals surface area (Å²) >= 11 is 0. The van der Waals surface area contributed by atoms with Crippen molar-refractivity contribution in [2.45, 2.75) is 41.7 Å². The fourth-order valence-corrected chi connectivity index (χ4v) is 10.8. The van der Waals surface area contributed by atoms with Gasteiger partial charge in [-0.2, -0.15) is 0 Å². The van der Waals surface area contributed by atoms with Gasteiger partial charge in [0.05, 0.1) is 22.7 Å². The summed E-state index contributed by atoms with van der Waals surface area (Å²) in [6.45, 7) is 1.88. The lowest BCUT2D eigenvalue weighted by atomic mass is 9.83. The SMILES string of the molecule is CCC(c1cccc(NC(=O)C(O)(c2ccccc2)c2ccccc2)c1NC(=O)C(O)(c1ccccc1)c1ccccc1)c1cccc(NC(=O)C(O)(c2ccccc2)c2ccccc2)c1NC(=O)C(O)(c1ccccc1)c1ccccc1. The number of rotatable bonds is 19. The number of carbonyl (C=O) groups is 4. The van der Waals surface area contributed by atoms with Gasteiger partial charge >= 0.3 is 0 Å². The van der Waals surface area contributed by atoms with E-state index < -0.39 is 52.0 Å². The zero-order chi connectivity index (χ0) is 58.0. The number of hydrogen-bond donors (Lipinski definition) is 8. The van der Waals surface area contributed by atoms with Gasteiger partial charge in [-0.25, -0.2) is 0 Å². The van der Waals surface area contributed by atoms with Crippen LogP contribution in [0.2, 0.25) is 0 Å². The predicted molar refractivity (Wildman–Crippen MR) is 323 cm³/mol. The molecule has 0 bridgehead atoms. The molecule has 0 atom stereocenters. The van der Waals surface area contributed by atoms with Gasteiger partial charge in [0, 0.05) is 5.92 Å².